The second-order valence-electron chi connectivity index (χ2n) is 6.98. The van der Waals surface area contributed by atoms with Crippen LogP contribution in [0.4, 0.5) is 11.4 Å². The Morgan fingerprint density at radius 1 is 1.13 bits per heavy atom. The Morgan fingerprint density at radius 3 is 2.61 bits per heavy atom. The molecule has 8 nitrogen and oxygen atoms in total. The van der Waals surface area contributed by atoms with E-state index in [2.05, 4.69) is 5.32 Å². The summed E-state index contributed by atoms with van der Waals surface area (Å²) in [6.45, 7) is 0. The molecular formula is C23H18N2O6. The average Bonchev–Trinajstić information content (AvgIpc) is 2.79. The first-order valence-corrected chi connectivity index (χ1v) is 9.49. The number of carbonyl (C=O) groups excluding carboxylic acids is 2. The molecule has 31 heavy (non-hydrogen) atoms. The molecule has 1 N–H and O–H groups in total. The molecule has 1 aliphatic heterocycles. The smallest absolute Gasteiger partial charge is 0.339 e. The van der Waals surface area contributed by atoms with Gasteiger partial charge in [0, 0.05) is 18.1 Å². The summed E-state index contributed by atoms with van der Waals surface area (Å²) in [5.74, 6) is -0.683. The minimum atomic E-state index is -0.542. The summed E-state index contributed by atoms with van der Waals surface area (Å²) in [5.41, 5.74) is 2.53. The van der Waals surface area contributed by atoms with Gasteiger partial charge >= 0.3 is 5.97 Å². The Bertz CT molecular complexity index is 1180. The molecule has 1 unspecified atom stereocenters. The molecule has 3 aromatic carbocycles. The molecule has 0 bridgehead atoms. The molecule has 0 saturated carbocycles. The van der Waals surface area contributed by atoms with Crippen molar-refractivity contribution >= 4 is 23.3 Å². The number of cyclic esters (lactones) is 1. The van der Waals surface area contributed by atoms with Crippen LogP contribution in [-0.2, 0) is 11.2 Å². The average molecular weight is 418 g/mol. The van der Waals surface area contributed by atoms with Gasteiger partial charge in [0.05, 0.1) is 29.4 Å². The van der Waals surface area contributed by atoms with Crippen LogP contribution in [0, 0.1) is 10.1 Å². The number of carbonyl (C=O) groups is 2. The molecule has 3 aromatic rings. The van der Waals surface area contributed by atoms with Gasteiger partial charge < -0.3 is 14.8 Å². The minimum Gasteiger partial charge on any atom is -0.494 e. The van der Waals surface area contributed by atoms with E-state index in [0.29, 0.717) is 28.8 Å². The Hall–Kier alpha value is -4.20. The Labute approximate surface area is 177 Å². The number of nitro groups is 1. The monoisotopic (exact) mass is 418 g/mol. The highest BCUT2D eigenvalue weighted by Gasteiger charge is 2.28. The number of fused-ring (bicyclic) bond motifs is 1. The minimum absolute atomic E-state index is 0.144. The highest BCUT2D eigenvalue weighted by molar-refractivity contribution is 6.06. The van der Waals surface area contributed by atoms with Crippen molar-refractivity contribution in [3.63, 3.8) is 0 Å². The number of methoxy groups -OCH3 is 1. The number of benzene rings is 3. The number of non-ortho nitro benzene ring substituents is 1. The van der Waals surface area contributed by atoms with Crippen LogP contribution in [0.3, 0.4) is 0 Å². The summed E-state index contributed by atoms with van der Waals surface area (Å²) < 4.78 is 10.7. The third-order valence-corrected chi connectivity index (χ3v) is 5.06. The number of nitrogens with one attached hydrogen (secondary N) is 1. The lowest BCUT2D eigenvalue weighted by atomic mass is 9.93. The normalized spacial score (nSPS) is 14.9. The summed E-state index contributed by atoms with van der Waals surface area (Å²) >= 11 is 0. The molecule has 0 saturated heterocycles. The van der Waals surface area contributed by atoms with E-state index in [-0.39, 0.29) is 11.4 Å². The maximum absolute atomic E-state index is 12.8. The van der Waals surface area contributed by atoms with Gasteiger partial charge in [-0.05, 0) is 35.4 Å². The van der Waals surface area contributed by atoms with Crippen LogP contribution in [0.15, 0.2) is 66.7 Å². The molecule has 8 heteroatoms. The van der Waals surface area contributed by atoms with Gasteiger partial charge in [0.1, 0.15) is 11.9 Å². The van der Waals surface area contributed by atoms with Crippen molar-refractivity contribution in [3.8, 4) is 5.75 Å². The van der Waals surface area contributed by atoms with Crippen molar-refractivity contribution in [1.82, 2.24) is 0 Å². The first-order chi connectivity index (χ1) is 15.0. The van der Waals surface area contributed by atoms with Crippen LogP contribution in [-0.4, -0.2) is 23.9 Å². The molecule has 1 heterocycles. The zero-order valence-electron chi connectivity index (χ0n) is 16.5. The van der Waals surface area contributed by atoms with Crippen LogP contribution in [0.2, 0.25) is 0 Å². The van der Waals surface area contributed by atoms with E-state index in [4.69, 9.17) is 9.47 Å². The summed E-state index contributed by atoms with van der Waals surface area (Å²) in [7, 11) is 1.36. The SMILES string of the molecule is COc1cc([N+](=O)[O-])ccc1NC(=O)c1ccc2c(c1)CC(c1ccccc1)OC2=O. The Morgan fingerprint density at radius 2 is 1.90 bits per heavy atom. The highest BCUT2D eigenvalue weighted by atomic mass is 16.6. The molecule has 1 amide bonds. The van der Waals surface area contributed by atoms with Crippen LogP contribution < -0.4 is 10.1 Å². The zero-order chi connectivity index (χ0) is 22.0. The molecule has 0 fully saturated rings. The lowest BCUT2D eigenvalue weighted by molar-refractivity contribution is -0.384. The van der Waals surface area contributed by atoms with Crippen LogP contribution in [0.1, 0.15) is 37.9 Å². The second kappa shape index (κ2) is 8.27. The number of nitro benzene ring substituents is 1. The molecule has 0 spiro atoms. The maximum Gasteiger partial charge on any atom is 0.339 e. The predicted molar refractivity (Wildman–Crippen MR) is 112 cm³/mol. The van der Waals surface area contributed by atoms with Gasteiger partial charge in [-0.3, -0.25) is 14.9 Å². The Kier molecular flexibility index (Phi) is 5.36. The molecule has 0 radical (unpaired) electrons. The number of anilines is 1. The summed E-state index contributed by atoms with van der Waals surface area (Å²) in [6.07, 6.45) is 0.0295. The van der Waals surface area contributed by atoms with E-state index in [1.807, 2.05) is 30.3 Å². The van der Waals surface area contributed by atoms with E-state index in [1.165, 1.54) is 31.4 Å². The fourth-order valence-corrected chi connectivity index (χ4v) is 3.48. The maximum atomic E-state index is 12.8. The van der Waals surface area contributed by atoms with Crippen molar-refractivity contribution in [2.45, 2.75) is 12.5 Å². The van der Waals surface area contributed by atoms with E-state index < -0.39 is 22.9 Å². The van der Waals surface area contributed by atoms with E-state index in [9.17, 15) is 19.7 Å². The fraction of sp³-hybridized carbons (Fsp3) is 0.130. The number of nitrogens with zero attached hydrogens (tertiary/aromatic N) is 1. The summed E-state index contributed by atoms with van der Waals surface area (Å²) in [6, 6.07) is 18.1. The standard InChI is InChI=1S/C23H18N2O6/c1-30-21-13-17(25(28)29)8-10-19(21)24-22(26)15-7-9-18-16(11-15)12-20(31-23(18)27)14-5-3-2-4-6-14/h2-11,13,20H,12H2,1H3,(H,24,26). The first kappa shape index (κ1) is 20.1. The van der Waals surface area contributed by atoms with Gasteiger partial charge in [0.15, 0.2) is 0 Å². The number of ether oxygens (including phenoxy) is 2. The first-order valence-electron chi connectivity index (χ1n) is 9.49. The van der Waals surface area contributed by atoms with Gasteiger partial charge in [-0.2, -0.15) is 0 Å². The van der Waals surface area contributed by atoms with Crippen LogP contribution in [0.25, 0.3) is 0 Å². The number of hydrogen-bond acceptors (Lipinski definition) is 6. The molecule has 1 atom stereocenters. The summed E-state index contributed by atoms with van der Waals surface area (Å²) in [4.78, 5) is 35.6. The van der Waals surface area contributed by atoms with E-state index in [1.54, 1.807) is 12.1 Å². The van der Waals surface area contributed by atoms with Gasteiger partial charge in [0.2, 0.25) is 0 Å². The molecule has 0 aromatic heterocycles. The largest absolute Gasteiger partial charge is 0.494 e. The summed E-state index contributed by atoms with van der Waals surface area (Å²) in [5, 5.41) is 13.6. The Balaban J connectivity index is 1.58. The van der Waals surface area contributed by atoms with Crippen LogP contribution in [0.5, 0.6) is 5.75 Å². The topological polar surface area (TPSA) is 108 Å². The predicted octanol–water partition coefficient (Wildman–Crippen LogP) is 4.31. The third kappa shape index (κ3) is 4.09. The van der Waals surface area contributed by atoms with Crippen molar-refractivity contribution in [1.29, 1.82) is 0 Å². The molecular weight excluding hydrogens is 400 g/mol. The lowest BCUT2D eigenvalue weighted by Gasteiger charge is -2.25. The van der Waals surface area contributed by atoms with Crippen LogP contribution >= 0.6 is 0 Å². The fourth-order valence-electron chi connectivity index (χ4n) is 3.48. The van der Waals surface area contributed by atoms with Gasteiger partial charge in [-0.25, -0.2) is 4.79 Å². The molecule has 0 aliphatic carbocycles. The van der Waals surface area contributed by atoms with Gasteiger partial charge in [-0.15, -0.1) is 0 Å². The van der Waals surface area contributed by atoms with Crippen molar-refractivity contribution in [2.75, 3.05) is 12.4 Å². The van der Waals surface area contributed by atoms with Gasteiger partial charge in [0.25, 0.3) is 11.6 Å². The van der Waals surface area contributed by atoms with Crippen molar-refractivity contribution in [2.24, 2.45) is 0 Å². The number of hydrogen-bond donors (Lipinski definition) is 1. The number of esters is 1. The number of rotatable bonds is 5. The molecule has 4 rings (SSSR count). The van der Waals surface area contributed by atoms with Crippen molar-refractivity contribution in [3.05, 3.63) is 99.1 Å². The van der Waals surface area contributed by atoms with E-state index in [0.717, 1.165) is 5.56 Å². The third-order valence-electron chi connectivity index (χ3n) is 5.06. The van der Waals surface area contributed by atoms with E-state index >= 15 is 0 Å². The molecule has 156 valence electrons. The second-order valence-corrected chi connectivity index (χ2v) is 6.98. The lowest BCUT2D eigenvalue weighted by Crippen LogP contribution is -2.23. The molecule has 1 aliphatic rings. The van der Waals surface area contributed by atoms with Crippen molar-refractivity contribution < 1.29 is 24.0 Å². The number of amides is 1. The quantitative estimate of drug-likeness (QED) is 0.376. The highest BCUT2D eigenvalue weighted by Crippen LogP contribution is 2.32. The zero-order valence-corrected chi connectivity index (χ0v) is 16.5. The van der Waals surface area contributed by atoms with Gasteiger partial charge in [-0.1, -0.05) is 30.3 Å².